The zero-order chi connectivity index (χ0) is 29.4. The molecule has 3 aromatic carbocycles. The van der Waals surface area contributed by atoms with Gasteiger partial charge in [0.15, 0.2) is 0 Å². The Morgan fingerprint density at radius 1 is 0.975 bits per heavy atom. The van der Waals surface area contributed by atoms with Gasteiger partial charge in [-0.25, -0.2) is 17.9 Å². The molecule has 1 atom stereocenters. The van der Waals surface area contributed by atoms with Gasteiger partial charge in [0.05, 0.1) is 18.9 Å². The van der Waals surface area contributed by atoms with E-state index in [0.29, 0.717) is 36.1 Å². The Bertz CT molecular complexity index is 1420. The first-order chi connectivity index (χ1) is 18.8. The Morgan fingerprint density at radius 3 is 2.17 bits per heavy atom. The van der Waals surface area contributed by atoms with Gasteiger partial charge >= 0.3 is 6.09 Å². The lowest BCUT2D eigenvalue weighted by molar-refractivity contribution is 0.0962. The number of aliphatic hydroxyl groups is 1. The molecule has 3 aromatic rings. The standard InChI is InChI=1S/C30H37N3O6S/c1-20(2)17-25-18-24(12-15-27(25)29(35)32-40(3,38)39)22-8-6-21(7-9-22)5-4-16-33(30(36)37)19-28(34)23-10-13-26(31)14-11-23/h6-15,18,20,28,34H,4-5,16-17,19,31H2,1-3H3,(H,32,35)(H,36,37)/t28-/m1/s1. The molecule has 40 heavy (non-hydrogen) atoms. The van der Waals surface area contributed by atoms with Crippen molar-refractivity contribution in [3.05, 3.63) is 89.0 Å². The first-order valence-corrected chi connectivity index (χ1v) is 15.0. The lowest BCUT2D eigenvalue weighted by Crippen LogP contribution is -2.34. The van der Waals surface area contributed by atoms with Crippen molar-refractivity contribution in [1.82, 2.24) is 9.62 Å². The van der Waals surface area contributed by atoms with Crippen molar-refractivity contribution in [1.29, 1.82) is 0 Å². The fourth-order valence-electron chi connectivity index (χ4n) is 4.46. The van der Waals surface area contributed by atoms with Gasteiger partial charge in [0.25, 0.3) is 5.91 Å². The number of carbonyl (C=O) groups excluding carboxylic acids is 1. The Morgan fingerprint density at radius 2 is 1.60 bits per heavy atom. The van der Waals surface area contributed by atoms with Crippen LogP contribution >= 0.6 is 0 Å². The molecule has 0 aliphatic rings. The Balaban J connectivity index is 1.65. The average molecular weight is 568 g/mol. The molecule has 0 saturated heterocycles. The van der Waals surface area contributed by atoms with E-state index in [0.717, 1.165) is 28.5 Å². The number of carboxylic acid groups (broad SMARTS) is 1. The predicted molar refractivity (Wildman–Crippen MR) is 156 cm³/mol. The SMILES string of the molecule is CC(C)Cc1cc(-c2ccc(CCCN(C[C@@H](O)c3ccc(N)cc3)C(=O)O)cc2)ccc1C(=O)NS(C)(=O)=O. The molecule has 0 heterocycles. The number of carbonyl (C=O) groups is 2. The molecule has 2 amide bonds. The predicted octanol–water partition coefficient (Wildman–Crippen LogP) is 4.47. The van der Waals surface area contributed by atoms with Gasteiger partial charge in [-0.3, -0.25) is 4.79 Å². The number of sulfonamides is 1. The number of nitrogens with zero attached hydrogens (tertiary/aromatic N) is 1. The largest absolute Gasteiger partial charge is 0.465 e. The first kappa shape index (κ1) is 30.6. The van der Waals surface area contributed by atoms with E-state index in [1.165, 1.54) is 4.90 Å². The lowest BCUT2D eigenvalue weighted by Gasteiger charge is -2.22. The number of nitrogens with one attached hydrogen (secondary N) is 1. The molecule has 10 heteroatoms. The van der Waals surface area contributed by atoms with E-state index in [1.807, 2.05) is 48.9 Å². The van der Waals surface area contributed by atoms with Crippen molar-refractivity contribution in [2.75, 3.05) is 25.1 Å². The quantitative estimate of drug-likeness (QED) is 0.236. The van der Waals surface area contributed by atoms with Crippen molar-refractivity contribution < 1.29 is 28.2 Å². The second-order valence-electron chi connectivity index (χ2n) is 10.4. The van der Waals surface area contributed by atoms with Gasteiger partial charge in [0.1, 0.15) is 0 Å². The molecule has 0 aliphatic heterocycles. The molecule has 9 nitrogen and oxygen atoms in total. The number of hydrogen-bond acceptors (Lipinski definition) is 6. The monoisotopic (exact) mass is 567 g/mol. The molecule has 3 rings (SSSR count). The van der Waals surface area contributed by atoms with Crippen LogP contribution in [0, 0.1) is 5.92 Å². The normalized spacial score (nSPS) is 12.2. The minimum absolute atomic E-state index is 0.0326. The van der Waals surface area contributed by atoms with E-state index >= 15 is 0 Å². The summed E-state index contributed by atoms with van der Waals surface area (Å²) in [6.07, 6.45) is 0.781. The van der Waals surface area contributed by atoms with Gasteiger partial charge in [-0.1, -0.05) is 62.4 Å². The van der Waals surface area contributed by atoms with Gasteiger partial charge in [0, 0.05) is 17.8 Å². The summed E-state index contributed by atoms with van der Waals surface area (Å²) in [5, 5.41) is 20.1. The summed E-state index contributed by atoms with van der Waals surface area (Å²) < 4.78 is 25.1. The highest BCUT2D eigenvalue weighted by Gasteiger charge is 2.19. The number of amides is 2. The fraction of sp³-hybridized carbons (Fsp3) is 0.333. The number of nitrogens with two attached hydrogens (primary N) is 1. The summed E-state index contributed by atoms with van der Waals surface area (Å²) in [6.45, 7) is 4.31. The second kappa shape index (κ2) is 13.5. The molecule has 0 bridgehead atoms. The number of rotatable bonds is 12. The third-order valence-corrected chi connectivity index (χ3v) is 6.98. The number of hydrogen-bond donors (Lipinski definition) is 4. The third-order valence-electron chi connectivity index (χ3n) is 6.42. The maximum atomic E-state index is 12.5. The minimum Gasteiger partial charge on any atom is -0.465 e. The summed E-state index contributed by atoms with van der Waals surface area (Å²) in [5.41, 5.74) is 10.9. The van der Waals surface area contributed by atoms with Gasteiger partial charge in [0.2, 0.25) is 10.0 Å². The van der Waals surface area contributed by atoms with Crippen LogP contribution in [0.3, 0.4) is 0 Å². The molecule has 0 unspecified atom stereocenters. The zero-order valence-electron chi connectivity index (χ0n) is 23.0. The maximum Gasteiger partial charge on any atom is 0.407 e. The number of anilines is 1. The van der Waals surface area contributed by atoms with Crippen LogP contribution in [0.2, 0.25) is 0 Å². The van der Waals surface area contributed by atoms with Crippen LogP contribution < -0.4 is 10.5 Å². The van der Waals surface area contributed by atoms with Crippen molar-refractivity contribution in [3.63, 3.8) is 0 Å². The molecular formula is C30H37N3O6S. The Labute approximate surface area is 235 Å². The topological polar surface area (TPSA) is 150 Å². The van der Waals surface area contributed by atoms with Gasteiger partial charge in [-0.05, 0) is 71.2 Å². The zero-order valence-corrected chi connectivity index (χ0v) is 23.8. The number of aryl methyl sites for hydroxylation is 1. The van der Waals surface area contributed by atoms with Crippen LogP contribution in [0.4, 0.5) is 10.5 Å². The number of aliphatic hydroxyl groups excluding tert-OH is 1. The summed E-state index contributed by atoms with van der Waals surface area (Å²) in [5.74, 6) is -0.378. The average Bonchev–Trinajstić information content (AvgIpc) is 2.87. The van der Waals surface area contributed by atoms with Gasteiger partial charge < -0.3 is 20.8 Å². The molecule has 214 valence electrons. The van der Waals surface area contributed by atoms with E-state index < -0.39 is 28.1 Å². The smallest absolute Gasteiger partial charge is 0.407 e. The van der Waals surface area contributed by atoms with Crippen LogP contribution in [0.15, 0.2) is 66.7 Å². The highest BCUT2D eigenvalue weighted by Crippen LogP contribution is 2.26. The molecule has 0 fully saturated rings. The van der Waals surface area contributed by atoms with E-state index in [-0.39, 0.29) is 19.0 Å². The highest BCUT2D eigenvalue weighted by molar-refractivity contribution is 7.89. The molecule has 0 saturated carbocycles. The first-order valence-electron chi connectivity index (χ1n) is 13.1. The number of benzene rings is 3. The summed E-state index contributed by atoms with van der Waals surface area (Å²) in [6, 6.07) is 20.0. The van der Waals surface area contributed by atoms with E-state index in [1.54, 1.807) is 36.4 Å². The van der Waals surface area contributed by atoms with Crippen LogP contribution in [-0.2, 0) is 22.9 Å². The van der Waals surface area contributed by atoms with E-state index in [4.69, 9.17) is 5.73 Å². The van der Waals surface area contributed by atoms with Crippen LogP contribution in [0.5, 0.6) is 0 Å². The van der Waals surface area contributed by atoms with Crippen molar-refractivity contribution in [3.8, 4) is 11.1 Å². The van der Waals surface area contributed by atoms with Gasteiger partial charge in [-0.2, -0.15) is 0 Å². The van der Waals surface area contributed by atoms with E-state index in [9.17, 15) is 28.2 Å². The van der Waals surface area contributed by atoms with Crippen molar-refractivity contribution >= 4 is 27.7 Å². The minimum atomic E-state index is -3.67. The van der Waals surface area contributed by atoms with Crippen LogP contribution in [0.25, 0.3) is 11.1 Å². The third kappa shape index (κ3) is 9.10. The van der Waals surface area contributed by atoms with E-state index in [2.05, 4.69) is 0 Å². The summed E-state index contributed by atoms with van der Waals surface area (Å²) in [4.78, 5) is 25.5. The van der Waals surface area contributed by atoms with Crippen molar-refractivity contribution in [2.45, 2.75) is 39.2 Å². The fourth-order valence-corrected chi connectivity index (χ4v) is 4.91. The maximum absolute atomic E-state index is 12.5. The Hall–Kier alpha value is -3.89. The van der Waals surface area contributed by atoms with Crippen LogP contribution in [0.1, 0.15) is 53.4 Å². The lowest BCUT2D eigenvalue weighted by atomic mass is 9.93. The van der Waals surface area contributed by atoms with Crippen LogP contribution in [-0.4, -0.2) is 54.9 Å². The second-order valence-corrected chi connectivity index (χ2v) is 12.1. The molecule has 0 spiro atoms. The molecule has 0 aliphatic carbocycles. The molecular weight excluding hydrogens is 530 g/mol. The van der Waals surface area contributed by atoms with Crippen molar-refractivity contribution in [2.24, 2.45) is 5.92 Å². The summed E-state index contributed by atoms with van der Waals surface area (Å²) >= 11 is 0. The number of nitrogen functional groups attached to an aromatic ring is 1. The molecule has 0 radical (unpaired) electrons. The van der Waals surface area contributed by atoms with Gasteiger partial charge in [-0.15, -0.1) is 0 Å². The molecule has 0 aromatic heterocycles. The molecule has 5 N–H and O–H groups in total. The summed E-state index contributed by atoms with van der Waals surface area (Å²) in [7, 11) is -3.67. The highest BCUT2D eigenvalue weighted by atomic mass is 32.2. The Kier molecular flexibility index (Phi) is 10.3.